The second-order valence-corrected chi connectivity index (χ2v) is 11.3. The van der Waals surface area contributed by atoms with E-state index < -0.39 is 15.8 Å². The van der Waals surface area contributed by atoms with Gasteiger partial charge in [0, 0.05) is 35.5 Å². The van der Waals surface area contributed by atoms with Crippen molar-refractivity contribution in [1.29, 1.82) is 0 Å². The molecule has 5 rings (SSSR count). The molecule has 2 aliphatic rings. The highest BCUT2D eigenvalue weighted by atomic mass is 35.5. The normalized spacial score (nSPS) is 18.2. The molecule has 2 aromatic carbocycles. The number of benzene rings is 2. The number of carbonyl (C=O) groups is 1. The Morgan fingerprint density at radius 2 is 1.94 bits per heavy atom. The Morgan fingerprint density at radius 3 is 2.64 bits per heavy atom. The number of halogens is 2. The summed E-state index contributed by atoms with van der Waals surface area (Å²) in [5, 5.41) is 0.427. The summed E-state index contributed by atoms with van der Waals surface area (Å²) >= 11 is 7.38. The van der Waals surface area contributed by atoms with E-state index in [1.165, 1.54) is 29.5 Å². The number of hydrogen-bond donors (Lipinski definition) is 1. The van der Waals surface area contributed by atoms with Gasteiger partial charge in [-0.2, -0.15) is 0 Å². The number of nitrogens with one attached hydrogen (secondary N) is 1. The molecule has 3 heterocycles. The van der Waals surface area contributed by atoms with Crippen LogP contribution in [0, 0.1) is 12.7 Å². The molecule has 33 heavy (non-hydrogen) atoms. The van der Waals surface area contributed by atoms with E-state index in [9.17, 15) is 17.6 Å². The number of sulfonamides is 1. The van der Waals surface area contributed by atoms with Gasteiger partial charge in [0.25, 0.3) is 10.0 Å². The fraction of sp³-hybridized carbons (Fsp3) is 0.273. The maximum atomic E-state index is 13.8. The van der Waals surface area contributed by atoms with Gasteiger partial charge in [-0.15, -0.1) is 11.3 Å². The molecular formula is C22H20ClFN4O3S2. The number of thiazole rings is 1. The number of amides is 1. The van der Waals surface area contributed by atoms with Crippen LogP contribution in [0.1, 0.15) is 16.9 Å². The molecular weight excluding hydrogens is 487 g/mol. The second kappa shape index (κ2) is 8.27. The summed E-state index contributed by atoms with van der Waals surface area (Å²) in [6, 6.07) is 8.86. The number of anilines is 3. The Bertz CT molecular complexity index is 1340. The number of nitrogens with zero attached hydrogens (tertiary/aromatic N) is 3. The molecule has 1 fully saturated rings. The molecule has 0 saturated carbocycles. The van der Waals surface area contributed by atoms with Crippen LogP contribution in [0.4, 0.5) is 20.9 Å². The summed E-state index contributed by atoms with van der Waals surface area (Å²) in [4.78, 5) is 21.9. The van der Waals surface area contributed by atoms with Crippen molar-refractivity contribution in [2.45, 2.75) is 30.7 Å². The van der Waals surface area contributed by atoms with E-state index in [0.717, 1.165) is 16.1 Å². The van der Waals surface area contributed by atoms with E-state index in [1.807, 2.05) is 11.8 Å². The Hall–Kier alpha value is -2.69. The Morgan fingerprint density at radius 1 is 1.18 bits per heavy atom. The first kappa shape index (κ1) is 22.1. The number of fused-ring (bicyclic) bond motifs is 1. The van der Waals surface area contributed by atoms with Crippen molar-refractivity contribution in [3.63, 3.8) is 0 Å². The molecule has 1 N–H and O–H groups in total. The predicted octanol–water partition coefficient (Wildman–Crippen LogP) is 4.21. The van der Waals surface area contributed by atoms with Gasteiger partial charge in [-0.1, -0.05) is 11.6 Å². The molecule has 1 saturated heterocycles. The smallest absolute Gasteiger partial charge is 0.263 e. The lowest BCUT2D eigenvalue weighted by molar-refractivity contribution is -0.118. The van der Waals surface area contributed by atoms with Crippen LogP contribution in [-0.2, 0) is 21.2 Å². The molecule has 0 radical (unpaired) electrons. The Balaban J connectivity index is 1.33. The first-order valence-electron chi connectivity index (χ1n) is 10.3. The standard InChI is InChI=1S/C22H20ClFN4O3S2/c1-13-12-25-22(32-13)26-33(30,31)15-4-2-14(3-5-15)27-11-9-19(21(27)29)28-10-8-16-18(28)7-6-17(24)20(16)23/h2-7,12,19H,8-11H2,1H3,(H,25,26)/t19-/m0/s1. The third kappa shape index (κ3) is 3.96. The van der Waals surface area contributed by atoms with E-state index >= 15 is 0 Å². The lowest BCUT2D eigenvalue weighted by Gasteiger charge is -2.26. The monoisotopic (exact) mass is 506 g/mol. The molecule has 0 spiro atoms. The van der Waals surface area contributed by atoms with Gasteiger partial charge in [0.2, 0.25) is 5.91 Å². The number of hydrogen-bond acceptors (Lipinski definition) is 6. The number of aromatic nitrogens is 1. The molecule has 0 aliphatic carbocycles. The van der Waals surface area contributed by atoms with Crippen LogP contribution in [0.25, 0.3) is 0 Å². The number of rotatable bonds is 5. The van der Waals surface area contributed by atoms with E-state index in [0.29, 0.717) is 36.8 Å². The minimum Gasteiger partial charge on any atom is -0.359 e. The van der Waals surface area contributed by atoms with Crippen molar-refractivity contribution in [3.8, 4) is 0 Å². The minimum absolute atomic E-state index is 0.0738. The van der Waals surface area contributed by atoms with Crippen molar-refractivity contribution in [1.82, 2.24) is 4.98 Å². The maximum absolute atomic E-state index is 13.8. The zero-order valence-electron chi connectivity index (χ0n) is 17.6. The summed E-state index contributed by atoms with van der Waals surface area (Å²) in [6.07, 6.45) is 2.80. The van der Waals surface area contributed by atoms with Crippen LogP contribution in [-0.4, -0.2) is 38.4 Å². The zero-order chi connectivity index (χ0) is 23.3. The van der Waals surface area contributed by atoms with Crippen LogP contribution >= 0.6 is 22.9 Å². The van der Waals surface area contributed by atoms with E-state index in [-0.39, 0.29) is 21.9 Å². The van der Waals surface area contributed by atoms with Gasteiger partial charge in [-0.3, -0.25) is 9.52 Å². The van der Waals surface area contributed by atoms with Crippen LogP contribution < -0.4 is 14.5 Å². The van der Waals surface area contributed by atoms with Gasteiger partial charge in [-0.25, -0.2) is 17.8 Å². The van der Waals surface area contributed by atoms with E-state index in [4.69, 9.17) is 11.6 Å². The average Bonchev–Trinajstić information content (AvgIpc) is 3.49. The lowest BCUT2D eigenvalue weighted by Crippen LogP contribution is -2.41. The molecule has 0 bridgehead atoms. The fourth-order valence-corrected chi connectivity index (χ4v) is 6.52. The Labute approximate surface area is 199 Å². The second-order valence-electron chi connectivity index (χ2n) is 7.97. The summed E-state index contributed by atoms with van der Waals surface area (Å²) in [5.41, 5.74) is 2.16. The van der Waals surface area contributed by atoms with Crippen LogP contribution in [0.15, 0.2) is 47.5 Å². The highest BCUT2D eigenvalue weighted by molar-refractivity contribution is 7.93. The van der Waals surface area contributed by atoms with Crippen molar-refractivity contribution in [2.75, 3.05) is 27.6 Å². The van der Waals surface area contributed by atoms with Crippen molar-refractivity contribution in [3.05, 3.63) is 63.9 Å². The van der Waals surface area contributed by atoms with Gasteiger partial charge in [0.05, 0.1) is 9.92 Å². The fourth-order valence-electron chi connectivity index (χ4n) is 4.36. The summed E-state index contributed by atoms with van der Waals surface area (Å²) < 4.78 is 41.5. The largest absolute Gasteiger partial charge is 0.359 e. The maximum Gasteiger partial charge on any atom is 0.263 e. The van der Waals surface area contributed by atoms with Gasteiger partial charge in [-0.05, 0) is 61.7 Å². The third-order valence-corrected chi connectivity index (χ3v) is 8.66. The van der Waals surface area contributed by atoms with Crippen LogP contribution in [0.2, 0.25) is 5.02 Å². The average molecular weight is 507 g/mol. The molecule has 1 amide bonds. The molecule has 11 heteroatoms. The van der Waals surface area contributed by atoms with E-state index in [1.54, 1.807) is 29.3 Å². The lowest BCUT2D eigenvalue weighted by atomic mass is 10.1. The first-order chi connectivity index (χ1) is 15.7. The topological polar surface area (TPSA) is 82.6 Å². The summed E-state index contributed by atoms with van der Waals surface area (Å²) in [5.74, 6) is -0.526. The highest BCUT2D eigenvalue weighted by Gasteiger charge is 2.39. The highest BCUT2D eigenvalue weighted by Crippen LogP contribution is 2.38. The van der Waals surface area contributed by atoms with Gasteiger partial charge in [0.15, 0.2) is 5.13 Å². The Kier molecular flexibility index (Phi) is 5.54. The quantitative estimate of drug-likeness (QED) is 0.560. The predicted molar refractivity (Wildman–Crippen MR) is 127 cm³/mol. The van der Waals surface area contributed by atoms with Crippen molar-refractivity contribution in [2.24, 2.45) is 0 Å². The third-order valence-electron chi connectivity index (χ3n) is 5.94. The molecule has 7 nitrogen and oxygen atoms in total. The SMILES string of the molecule is Cc1cnc(NS(=O)(=O)c2ccc(N3CC[C@H](N4CCc5c4ccc(F)c5Cl)C3=O)cc2)s1. The van der Waals surface area contributed by atoms with Crippen molar-refractivity contribution >= 4 is 55.4 Å². The molecule has 1 aromatic heterocycles. The molecule has 0 unspecified atom stereocenters. The molecule has 172 valence electrons. The summed E-state index contributed by atoms with van der Waals surface area (Å²) in [7, 11) is -3.78. The molecule has 2 aliphatic heterocycles. The number of carbonyl (C=O) groups excluding carboxylic acids is 1. The molecule has 1 atom stereocenters. The van der Waals surface area contributed by atoms with E-state index in [2.05, 4.69) is 9.71 Å². The van der Waals surface area contributed by atoms with Gasteiger partial charge >= 0.3 is 0 Å². The first-order valence-corrected chi connectivity index (χ1v) is 13.0. The molecule has 3 aromatic rings. The van der Waals surface area contributed by atoms with Crippen LogP contribution in [0.3, 0.4) is 0 Å². The van der Waals surface area contributed by atoms with Gasteiger partial charge in [0.1, 0.15) is 11.9 Å². The number of aryl methyl sites for hydroxylation is 1. The summed E-state index contributed by atoms with van der Waals surface area (Å²) in [6.45, 7) is 2.95. The van der Waals surface area contributed by atoms with Gasteiger partial charge < -0.3 is 9.80 Å². The van der Waals surface area contributed by atoms with Crippen molar-refractivity contribution < 1.29 is 17.6 Å². The minimum atomic E-state index is -3.78. The zero-order valence-corrected chi connectivity index (χ0v) is 20.0. The van der Waals surface area contributed by atoms with Crippen LogP contribution in [0.5, 0.6) is 0 Å².